The van der Waals surface area contributed by atoms with Gasteiger partial charge in [-0.3, -0.25) is 0 Å². The number of aliphatic carboxylic acids is 1. The first-order valence-corrected chi connectivity index (χ1v) is 5.83. The molecule has 1 aromatic rings. The number of carbonyl (C=O) groups is 2. The van der Waals surface area contributed by atoms with E-state index in [0.717, 1.165) is 24.3 Å². The fourth-order valence-corrected chi connectivity index (χ4v) is 1.36. The predicted octanol–water partition coefficient (Wildman–Crippen LogP) is 1.66. The van der Waals surface area contributed by atoms with Gasteiger partial charge in [0.05, 0.1) is 5.56 Å². The van der Waals surface area contributed by atoms with Gasteiger partial charge < -0.3 is 20.8 Å². The van der Waals surface area contributed by atoms with Crippen LogP contribution in [0.15, 0.2) is 24.3 Å². The van der Waals surface area contributed by atoms with Crippen LogP contribution in [0.2, 0.25) is 0 Å². The average molecular weight is 306 g/mol. The summed E-state index contributed by atoms with van der Waals surface area (Å²) >= 11 is 0. The van der Waals surface area contributed by atoms with Crippen molar-refractivity contribution in [1.29, 1.82) is 0 Å². The summed E-state index contributed by atoms with van der Waals surface area (Å²) in [5, 5.41) is 21.9. The summed E-state index contributed by atoms with van der Waals surface area (Å²) in [7, 11) is 0. The number of alkyl halides is 3. The molecule has 9 heteroatoms. The molecule has 0 radical (unpaired) electrons. The molecular formula is C12H13F3N2O4. The Morgan fingerprint density at radius 3 is 2.24 bits per heavy atom. The minimum absolute atomic E-state index is 0.0973. The number of rotatable bonds is 5. The van der Waals surface area contributed by atoms with Gasteiger partial charge in [-0.2, -0.15) is 13.2 Å². The minimum Gasteiger partial charge on any atom is -0.479 e. The third-order valence-corrected chi connectivity index (χ3v) is 2.46. The molecule has 0 bridgehead atoms. The Morgan fingerprint density at radius 1 is 1.19 bits per heavy atom. The summed E-state index contributed by atoms with van der Waals surface area (Å²) in [5.41, 5.74) is -0.683. The van der Waals surface area contributed by atoms with Gasteiger partial charge in [-0.25, -0.2) is 9.59 Å². The van der Waals surface area contributed by atoms with Crippen LogP contribution < -0.4 is 10.6 Å². The van der Waals surface area contributed by atoms with E-state index in [1.54, 1.807) is 0 Å². The molecule has 116 valence electrons. The fourth-order valence-electron chi connectivity index (χ4n) is 1.36. The third kappa shape index (κ3) is 5.69. The van der Waals surface area contributed by atoms with E-state index >= 15 is 0 Å². The molecule has 0 aliphatic heterocycles. The lowest BCUT2D eigenvalue weighted by Gasteiger charge is -2.10. The van der Waals surface area contributed by atoms with Crippen molar-refractivity contribution in [3.8, 4) is 0 Å². The molecule has 0 fully saturated rings. The first-order valence-electron chi connectivity index (χ1n) is 5.83. The van der Waals surface area contributed by atoms with Crippen LogP contribution in [-0.4, -0.2) is 34.9 Å². The van der Waals surface area contributed by atoms with Crippen molar-refractivity contribution >= 4 is 17.7 Å². The van der Waals surface area contributed by atoms with Crippen molar-refractivity contribution in [1.82, 2.24) is 5.32 Å². The van der Waals surface area contributed by atoms with Gasteiger partial charge in [-0.15, -0.1) is 0 Å². The standard InChI is InChI=1S/C12H13F3N2O4/c13-12(14,15)7-1-3-8(4-2-7)17-11(21)16-6-5-9(18)10(19)20/h1-4,9,18H,5-6H2,(H,19,20)(H2,16,17,21)/t9-/m0/s1. The smallest absolute Gasteiger partial charge is 0.416 e. The topological polar surface area (TPSA) is 98.7 Å². The molecule has 1 aromatic carbocycles. The number of benzene rings is 1. The van der Waals surface area contributed by atoms with Crippen LogP contribution >= 0.6 is 0 Å². The van der Waals surface area contributed by atoms with Gasteiger partial charge in [-0.05, 0) is 24.3 Å². The van der Waals surface area contributed by atoms with Gasteiger partial charge in [-0.1, -0.05) is 0 Å². The van der Waals surface area contributed by atoms with Crippen LogP contribution in [0.1, 0.15) is 12.0 Å². The van der Waals surface area contributed by atoms with E-state index < -0.39 is 29.8 Å². The van der Waals surface area contributed by atoms with E-state index in [2.05, 4.69) is 10.6 Å². The predicted molar refractivity (Wildman–Crippen MR) is 66.7 cm³/mol. The Labute approximate surface area is 117 Å². The number of amides is 2. The maximum Gasteiger partial charge on any atom is 0.416 e. The molecule has 1 rings (SSSR count). The molecule has 6 nitrogen and oxygen atoms in total. The van der Waals surface area contributed by atoms with Crippen LogP contribution in [0.25, 0.3) is 0 Å². The number of carbonyl (C=O) groups excluding carboxylic acids is 1. The summed E-state index contributed by atoms with van der Waals surface area (Å²) in [6, 6.07) is 3.11. The molecule has 0 aliphatic rings. The highest BCUT2D eigenvalue weighted by Crippen LogP contribution is 2.29. The SMILES string of the molecule is O=C(NCC[C@H](O)C(=O)O)Nc1ccc(C(F)(F)F)cc1. The lowest BCUT2D eigenvalue weighted by molar-refractivity contribution is -0.146. The van der Waals surface area contributed by atoms with Crippen molar-refractivity contribution in [2.24, 2.45) is 0 Å². The molecule has 0 heterocycles. The molecule has 0 saturated heterocycles. The van der Waals surface area contributed by atoms with Crippen molar-refractivity contribution < 1.29 is 33.0 Å². The van der Waals surface area contributed by atoms with Crippen molar-refractivity contribution in [2.45, 2.75) is 18.7 Å². The second kappa shape index (κ2) is 6.93. The van der Waals surface area contributed by atoms with Gasteiger partial charge in [0.1, 0.15) is 0 Å². The lowest BCUT2D eigenvalue weighted by atomic mass is 10.2. The molecule has 2 amide bonds. The molecule has 0 saturated carbocycles. The maximum absolute atomic E-state index is 12.3. The molecular weight excluding hydrogens is 293 g/mol. The summed E-state index contributed by atoms with van der Waals surface area (Å²) in [4.78, 5) is 21.7. The fraction of sp³-hybridized carbons (Fsp3) is 0.333. The zero-order chi connectivity index (χ0) is 16.0. The highest BCUT2D eigenvalue weighted by Gasteiger charge is 2.29. The number of carboxylic acids is 1. The van der Waals surface area contributed by atoms with Crippen LogP contribution in [-0.2, 0) is 11.0 Å². The number of halogens is 3. The van der Waals surface area contributed by atoms with E-state index in [1.165, 1.54) is 0 Å². The minimum atomic E-state index is -4.45. The van der Waals surface area contributed by atoms with Gasteiger partial charge in [0.2, 0.25) is 0 Å². The second-order valence-corrected chi connectivity index (χ2v) is 4.10. The van der Waals surface area contributed by atoms with Crippen LogP contribution in [0, 0.1) is 0 Å². The van der Waals surface area contributed by atoms with E-state index in [9.17, 15) is 22.8 Å². The number of anilines is 1. The van der Waals surface area contributed by atoms with Crippen molar-refractivity contribution in [2.75, 3.05) is 11.9 Å². The van der Waals surface area contributed by atoms with Gasteiger partial charge in [0.15, 0.2) is 6.10 Å². The summed E-state index contributed by atoms with van der Waals surface area (Å²) in [6.45, 7) is -0.0973. The number of aliphatic hydroxyl groups excluding tert-OH is 1. The van der Waals surface area contributed by atoms with E-state index in [0.29, 0.717) is 0 Å². The number of hydrogen-bond donors (Lipinski definition) is 4. The largest absolute Gasteiger partial charge is 0.479 e. The maximum atomic E-state index is 12.3. The number of nitrogens with one attached hydrogen (secondary N) is 2. The molecule has 21 heavy (non-hydrogen) atoms. The third-order valence-electron chi connectivity index (χ3n) is 2.46. The average Bonchev–Trinajstić information content (AvgIpc) is 2.38. The molecule has 0 aromatic heterocycles. The number of aliphatic hydroxyl groups is 1. The normalized spacial score (nSPS) is 12.6. The second-order valence-electron chi connectivity index (χ2n) is 4.10. The zero-order valence-electron chi connectivity index (χ0n) is 10.6. The van der Waals surface area contributed by atoms with E-state index in [1.807, 2.05) is 0 Å². The molecule has 4 N–H and O–H groups in total. The number of urea groups is 1. The van der Waals surface area contributed by atoms with Crippen molar-refractivity contribution in [3.63, 3.8) is 0 Å². The quantitative estimate of drug-likeness (QED) is 0.665. The highest BCUT2D eigenvalue weighted by molar-refractivity contribution is 5.89. The first kappa shape index (κ1) is 16.8. The zero-order valence-corrected chi connectivity index (χ0v) is 10.6. The summed E-state index contributed by atoms with van der Waals surface area (Å²) in [5.74, 6) is -1.40. The molecule has 0 unspecified atom stereocenters. The Kier molecular flexibility index (Phi) is 5.53. The lowest BCUT2D eigenvalue weighted by Crippen LogP contribution is -2.33. The number of hydrogen-bond acceptors (Lipinski definition) is 3. The first-order chi connectivity index (χ1) is 9.70. The molecule has 0 aliphatic carbocycles. The van der Waals surface area contributed by atoms with Crippen LogP contribution in [0.5, 0.6) is 0 Å². The Morgan fingerprint density at radius 2 is 1.76 bits per heavy atom. The Balaban J connectivity index is 2.43. The molecule has 0 spiro atoms. The van der Waals surface area contributed by atoms with E-state index in [4.69, 9.17) is 10.2 Å². The summed E-state index contributed by atoms with van der Waals surface area (Å²) in [6.07, 6.45) is -6.22. The van der Waals surface area contributed by atoms with Gasteiger partial charge in [0, 0.05) is 18.7 Å². The Bertz CT molecular complexity index is 502. The highest BCUT2D eigenvalue weighted by atomic mass is 19.4. The summed E-state index contributed by atoms with van der Waals surface area (Å²) < 4.78 is 37.0. The van der Waals surface area contributed by atoms with Crippen LogP contribution in [0.4, 0.5) is 23.7 Å². The monoisotopic (exact) mass is 306 g/mol. The van der Waals surface area contributed by atoms with Crippen LogP contribution in [0.3, 0.4) is 0 Å². The number of carboxylic acid groups (broad SMARTS) is 1. The van der Waals surface area contributed by atoms with Gasteiger partial charge >= 0.3 is 18.2 Å². The molecule has 1 atom stereocenters. The van der Waals surface area contributed by atoms with Crippen molar-refractivity contribution in [3.05, 3.63) is 29.8 Å². The Hall–Kier alpha value is -2.29. The van der Waals surface area contributed by atoms with E-state index in [-0.39, 0.29) is 18.7 Å². The van der Waals surface area contributed by atoms with Gasteiger partial charge in [0.25, 0.3) is 0 Å².